The van der Waals surface area contributed by atoms with Gasteiger partial charge in [-0.3, -0.25) is 14.4 Å². The fourth-order valence-corrected chi connectivity index (χ4v) is 4.24. The predicted molar refractivity (Wildman–Crippen MR) is 101 cm³/mol. The van der Waals surface area contributed by atoms with E-state index in [0.29, 0.717) is 6.42 Å². The van der Waals surface area contributed by atoms with Gasteiger partial charge in [-0.2, -0.15) is 0 Å². The van der Waals surface area contributed by atoms with E-state index in [9.17, 15) is 19.5 Å². The van der Waals surface area contributed by atoms with E-state index in [4.69, 9.17) is 4.74 Å². The first-order valence-corrected chi connectivity index (χ1v) is 9.74. The molecule has 0 aromatic carbocycles. The van der Waals surface area contributed by atoms with Gasteiger partial charge in [0.25, 0.3) is 0 Å². The van der Waals surface area contributed by atoms with Gasteiger partial charge in [-0.25, -0.2) is 0 Å². The van der Waals surface area contributed by atoms with Crippen molar-refractivity contribution in [3.8, 4) is 0 Å². The van der Waals surface area contributed by atoms with Crippen molar-refractivity contribution in [1.29, 1.82) is 0 Å². The summed E-state index contributed by atoms with van der Waals surface area (Å²) in [6.45, 7) is 9.40. The maximum absolute atomic E-state index is 13.2. The maximum atomic E-state index is 13.2. The minimum absolute atomic E-state index is 0.0637. The molecule has 152 valence electrons. The maximum Gasteiger partial charge on any atom is 0.310 e. The topological polar surface area (TPSA) is 95.9 Å². The number of ether oxygens (including phenoxy) is 1. The Morgan fingerprint density at radius 1 is 1.26 bits per heavy atom. The lowest BCUT2D eigenvalue weighted by Crippen LogP contribution is -2.53. The van der Waals surface area contributed by atoms with Gasteiger partial charge in [0.1, 0.15) is 6.04 Å². The first-order chi connectivity index (χ1) is 12.7. The van der Waals surface area contributed by atoms with Crippen molar-refractivity contribution in [1.82, 2.24) is 10.2 Å². The molecule has 27 heavy (non-hydrogen) atoms. The van der Waals surface area contributed by atoms with E-state index >= 15 is 0 Å². The van der Waals surface area contributed by atoms with E-state index in [1.807, 2.05) is 39.8 Å². The van der Waals surface area contributed by atoms with E-state index in [1.54, 1.807) is 6.92 Å². The summed E-state index contributed by atoms with van der Waals surface area (Å²) >= 11 is 0. The molecule has 2 N–H and O–H groups in total. The van der Waals surface area contributed by atoms with E-state index in [0.717, 1.165) is 0 Å². The van der Waals surface area contributed by atoms with Gasteiger partial charge in [0.05, 0.1) is 25.0 Å². The lowest BCUT2D eigenvalue weighted by molar-refractivity contribution is -0.155. The third kappa shape index (κ3) is 4.34. The van der Waals surface area contributed by atoms with Crippen LogP contribution in [0.25, 0.3) is 0 Å². The Kier molecular flexibility index (Phi) is 6.68. The minimum Gasteiger partial charge on any atom is -0.466 e. The fourth-order valence-electron chi connectivity index (χ4n) is 4.24. The highest BCUT2D eigenvalue weighted by Crippen LogP contribution is 2.45. The molecule has 1 aliphatic carbocycles. The van der Waals surface area contributed by atoms with Gasteiger partial charge in [0.15, 0.2) is 0 Å². The molecule has 0 aromatic rings. The molecular formula is C20H32N2O5. The van der Waals surface area contributed by atoms with Crippen molar-refractivity contribution < 1.29 is 24.2 Å². The second-order valence-corrected chi connectivity index (χ2v) is 8.28. The van der Waals surface area contributed by atoms with Crippen LogP contribution in [-0.2, 0) is 19.1 Å². The Bertz CT molecular complexity index is 610. The number of aliphatic hydroxyl groups excluding tert-OH is 1. The van der Waals surface area contributed by atoms with Gasteiger partial charge in [-0.15, -0.1) is 0 Å². The SMILES string of the molecule is CCOC(=O)[C@H]1[C@@H]2C(=O)N(CCO)[C@H](C(=O)NC(C)(C)C)[C@H]2C=C[C@H]1CC. The van der Waals surface area contributed by atoms with Crippen molar-refractivity contribution in [2.45, 2.75) is 52.6 Å². The Morgan fingerprint density at radius 3 is 2.44 bits per heavy atom. The number of carbonyl (C=O) groups is 3. The van der Waals surface area contributed by atoms with E-state index in [2.05, 4.69) is 5.32 Å². The number of allylic oxidation sites excluding steroid dienone is 1. The first-order valence-electron chi connectivity index (χ1n) is 9.74. The molecule has 0 saturated carbocycles. The van der Waals surface area contributed by atoms with Crippen LogP contribution >= 0.6 is 0 Å². The number of carbonyl (C=O) groups excluding carboxylic acids is 3. The lowest BCUT2D eigenvalue weighted by atomic mass is 9.69. The van der Waals surface area contributed by atoms with Crippen LogP contribution in [-0.4, -0.2) is 59.1 Å². The van der Waals surface area contributed by atoms with Gasteiger partial charge in [0.2, 0.25) is 11.8 Å². The van der Waals surface area contributed by atoms with E-state index < -0.39 is 35.3 Å². The van der Waals surface area contributed by atoms with Crippen LogP contribution in [0.15, 0.2) is 12.2 Å². The second kappa shape index (κ2) is 8.42. The van der Waals surface area contributed by atoms with Crippen LogP contribution in [0, 0.1) is 23.7 Å². The van der Waals surface area contributed by atoms with Crippen molar-refractivity contribution >= 4 is 17.8 Å². The van der Waals surface area contributed by atoms with Gasteiger partial charge in [-0.1, -0.05) is 19.1 Å². The number of hydrogen-bond acceptors (Lipinski definition) is 5. The number of amides is 2. The molecular weight excluding hydrogens is 348 g/mol. The van der Waals surface area contributed by atoms with Crippen molar-refractivity contribution in [2.75, 3.05) is 19.8 Å². The molecule has 2 aliphatic rings. The quantitative estimate of drug-likeness (QED) is 0.532. The highest BCUT2D eigenvalue weighted by Gasteiger charge is 2.57. The van der Waals surface area contributed by atoms with Crippen LogP contribution in [0.3, 0.4) is 0 Å². The van der Waals surface area contributed by atoms with Gasteiger partial charge < -0.3 is 20.1 Å². The number of nitrogens with one attached hydrogen (secondary N) is 1. The number of aliphatic hydroxyl groups is 1. The summed E-state index contributed by atoms with van der Waals surface area (Å²) in [7, 11) is 0. The summed E-state index contributed by atoms with van der Waals surface area (Å²) in [6, 6.07) is -0.736. The lowest BCUT2D eigenvalue weighted by Gasteiger charge is -2.34. The Balaban J connectivity index is 2.43. The van der Waals surface area contributed by atoms with Gasteiger partial charge in [-0.05, 0) is 40.0 Å². The zero-order valence-electron chi connectivity index (χ0n) is 16.9. The zero-order valence-corrected chi connectivity index (χ0v) is 16.9. The molecule has 1 fully saturated rings. The molecule has 2 amide bonds. The summed E-state index contributed by atoms with van der Waals surface area (Å²) in [4.78, 5) is 40.2. The Morgan fingerprint density at radius 2 is 1.93 bits per heavy atom. The average Bonchev–Trinajstić information content (AvgIpc) is 2.85. The van der Waals surface area contributed by atoms with E-state index in [-0.39, 0.29) is 37.5 Å². The molecule has 0 spiro atoms. The van der Waals surface area contributed by atoms with Crippen LogP contribution in [0.1, 0.15) is 41.0 Å². The number of rotatable bonds is 6. The molecule has 7 heteroatoms. The highest BCUT2D eigenvalue weighted by molar-refractivity contribution is 5.96. The zero-order chi connectivity index (χ0) is 20.4. The number of likely N-dealkylation sites (tertiary alicyclic amines) is 1. The summed E-state index contributed by atoms with van der Waals surface area (Å²) in [5, 5.41) is 12.4. The molecule has 1 heterocycles. The Hall–Kier alpha value is -1.89. The third-order valence-corrected chi connectivity index (χ3v) is 5.25. The van der Waals surface area contributed by atoms with Crippen LogP contribution in [0.4, 0.5) is 0 Å². The molecule has 0 bridgehead atoms. The first kappa shape index (κ1) is 21.4. The molecule has 2 rings (SSSR count). The molecule has 0 aromatic heterocycles. The Labute approximate surface area is 161 Å². The molecule has 1 aliphatic heterocycles. The van der Waals surface area contributed by atoms with Crippen LogP contribution in [0.2, 0.25) is 0 Å². The van der Waals surface area contributed by atoms with Gasteiger partial charge in [0, 0.05) is 18.0 Å². The second-order valence-electron chi connectivity index (χ2n) is 8.28. The fraction of sp³-hybridized carbons (Fsp3) is 0.750. The number of fused-ring (bicyclic) bond motifs is 1. The number of hydrogen-bond donors (Lipinski definition) is 2. The number of nitrogens with zero attached hydrogens (tertiary/aromatic N) is 1. The number of β-amino-alcohol motifs (C(OH)–C–C–N with tert-alkyl or cyclic N) is 1. The third-order valence-electron chi connectivity index (χ3n) is 5.25. The molecule has 0 radical (unpaired) electrons. The molecule has 5 atom stereocenters. The minimum atomic E-state index is -0.736. The molecule has 7 nitrogen and oxygen atoms in total. The summed E-state index contributed by atoms with van der Waals surface area (Å²) < 4.78 is 5.25. The van der Waals surface area contributed by atoms with Crippen molar-refractivity contribution in [3.05, 3.63) is 12.2 Å². The molecule has 0 unspecified atom stereocenters. The average molecular weight is 380 g/mol. The largest absolute Gasteiger partial charge is 0.466 e. The summed E-state index contributed by atoms with van der Waals surface area (Å²) in [5.41, 5.74) is -0.450. The summed E-state index contributed by atoms with van der Waals surface area (Å²) in [5.74, 6) is -2.67. The van der Waals surface area contributed by atoms with Crippen molar-refractivity contribution in [2.24, 2.45) is 23.7 Å². The smallest absolute Gasteiger partial charge is 0.310 e. The van der Waals surface area contributed by atoms with Crippen LogP contribution in [0.5, 0.6) is 0 Å². The standard InChI is InChI=1S/C20H32N2O5/c1-6-12-8-9-13-15(14(12)19(26)27-7-2)18(25)22(10-11-23)16(13)17(24)21-20(3,4)5/h8-9,12-16,23H,6-7,10-11H2,1-5H3,(H,21,24)/t12-,13+,14-,15-,16+/m1/s1. The number of esters is 1. The van der Waals surface area contributed by atoms with Crippen molar-refractivity contribution in [3.63, 3.8) is 0 Å². The monoisotopic (exact) mass is 380 g/mol. The molecule has 1 saturated heterocycles. The normalized spacial score (nSPS) is 30.2. The van der Waals surface area contributed by atoms with E-state index in [1.165, 1.54) is 4.90 Å². The van der Waals surface area contributed by atoms with Crippen LogP contribution < -0.4 is 5.32 Å². The summed E-state index contributed by atoms with van der Waals surface area (Å²) in [6.07, 6.45) is 4.54. The predicted octanol–water partition coefficient (Wildman–Crippen LogP) is 1.11. The highest BCUT2D eigenvalue weighted by atomic mass is 16.5. The van der Waals surface area contributed by atoms with Gasteiger partial charge >= 0.3 is 5.97 Å².